The van der Waals surface area contributed by atoms with Gasteiger partial charge in [-0.05, 0) is 54.8 Å². The van der Waals surface area contributed by atoms with Gasteiger partial charge in [0.2, 0.25) is 5.91 Å². The molecule has 1 aromatic rings. The van der Waals surface area contributed by atoms with E-state index in [2.05, 4.69) is 36.0 Å². The first kappa shape index (κ1) is 19.6. The van der Waals surface area contributed by atoms with Gasteiger partial charge in [0, 0.05) is 24.6 Å². The van der Waals surface area contributed by atoms with E-state index < -0.39 is 5.92 Å². The summed E-state index contributed by atoms with van der Waals surface area (Å²) in [4.78, 5) is 16.8. The van der Waals surface area contributed by atoms with Crippen LogP contribution in [0.3, 0.4) is 0 Å². The minimum atomic E-state index is -0.409. The molecule has 0 saturated heterocycles. The molecular weight excluding hydrogens is 322 g/mol. The molecule has 0 radical (unpaired) electrons. The Bertz CT molecular complexity index is 875. The number of amides is 1. The summed E-state index contributed by atoms with van der Waals surface area (Å²) in [6, 6.07) is 1.89. The summed E-state index contributed by atoms with van der Waals surface area (Å²) in [6.07, 6.45) is 17.5. The Labute approximate surface area is 155 Å². The smallest absolute Gasteiger partial charge is 0.233 e. The lowest BCUT2D eigenvalue weighted by molar-refractivity contribution is -0.122. The topological polar surface area (TPSA) is 68.0 Å². The van der Waals surface area contributed by atoms with Crippen LogP contribution in [-0.4, -0.2) is 17.4 Å². The zero-order valence-corrected chi connectivity index (χ0v) is 15.5. The third-order valence-electron chi connectivity index (χ3n) is 4.34. The SMILES string of the molecule is C=C(/C=c1/ccnc/c1=C/C)NC(=O)[C@H](CN)C1=C/C=C(/C)CCC=C1. The molecule has 0 saturated carbocycles. The average Bonchev–Trinajstić information content (AvgIpc) is 2.61. The fourth-order valence-electron chi connectivity index (χ4n) is 2.79. The molecule has 1 amide bonds. The van der Waals surface area contributed by atoms with Crippen molar-refractivity contribution < 1.29 is 4.79 Å². The van der Waals surface area contributed by atoms with E-state index in [9.17, 15) is 4.79 Å². The summed E-state index contributed by atoms with van der Waals surface area (Å²) < 4.78 is 0. The largest absolute Gasteiger partial charge is 0.329 e. The maximum atomic E-state index is 12.7. The highest BCUT2D eigenvalue weighted by molar-refractivity contribution is 5.85. The first-order valence-electron chi connectivity index (χ1n) is 8.87. The summed E-state index contributed by atoms with van der Waals surface area (Å²) in [7, 11) is 0. The Hall–Kier alpha value is -2.72. The van der Waals surface area contributed by atoms with E-state index >= 15 is 0 Å². The molecule has 1 heterocycles. The van der Waals surface area contributed by atoms with Crippen molar-refractivity contribution in [1.82, 2.24) is 10.3 Å². The zero-order chi connectivity index (χ0) is 18.9. The highest BCUT2D eigenvalue weighted by atomic mass is 16.1. The molecule has 0 aliphatic heterocycles. The van der Waals surface area contributed by atoms with Crippen LogP contribution in [0.15, 0.2) is 66.2 Å². The number of nitrogens with zero attached hydrogens (tertiary/aromatic N) is 1. The number of carbonyl (C=O) groups is 1. The van der Waals surface area contributed by atoms with Crippen LogP contribution in [0.2, 0.25) is 0 Å². The van der Waals surface area contributed by atoms with Crippen LogP contribution in [0.1, 0.15) is 26.7 Å². The molecular formula is C22H27N3O. The standard InChI is InChI=1S/C22H27N3O/c1-4-18-15-24-12-11-20(18)13-17(3)25-22(26)21(14-23)19-8-6-5-7-16(2)9-10-19/h4,6,8-13,15,21H,3,5,7,14,23H2,1-2H3,(H,25,26)/b8-6?,16-9-,18-4-,19-10?,20-13-/t21-/m1/s1. The molecule has 136 valence electrons. The fourth-order valence-corrected chi connectivity index (χ4v) is 2.79. The van der Waals surface area contributed by atoms with Crippen molar-refractivity contribution in [2.45, 2.75) is 26.7 Å². The van der Waals surface area contributed by atoms with Gasteiger partial charge >= 0.3 is 0 Å². The number of carbonyl (C=O) groups excluding carboxylic acids is 1. The van der Waals surface area contributed by atoms with E-state index in [-0.39, 0.29) is 12.5 Å². The molecule has 2 rings (SSSR count). The van der Waals surface area contributed by atoms with Gasteiger partial charge in [-0.15, -0.1) is 0 Å². The molecule has 1 aromatic heterocycles. The van der Waals surface area contributed by atoms with Gasteiger partial charge in [0.05, 0.1) is 5.92 Å². The third kappa shape index (κ3) is 5.39. The maximum absolute atomic E-state index is 12.7. The molecule has 4 heteroatoms. The lowest BCUT2D eigenvalue weighted by atomic mass is 9.94. The summed E-state index contributed by atoms with van der Waals surface area (Å²) in [5.74, 6) is -0.555. The summed E-state index contributed by atoms with van der Waals surface area (Å²) in [6.45, 7) is 8.25. The molecule has 3 N–H and O–H groups in total. The number of pyridine rings is 1. The van der Waals surface area contributed by atoms with Crippen LogP contribution in [0.25, 0.3) is 12.2 Å². The van der Waals surface area contributed by atoms with Gasteiger partial charge in [0.25, 0.3) is 0 Å². The molecule has 0 unspecified atom stereocenters. The molecule has 0 spiro atoms. The van der Waals surface area contributed by atoms with Gasteiger partial charge in [-0.1, -0.05) is 42.5 Å². The van der Waals surface area contributed by atoms with Crippen LogP contribution in [0.4, 0.5) is 0 Å². The first-order chi connectivity index (χ1) is 12.5. The minimum Gasteiger partial charge on any atom is -0.329 e. The first-order valence-corrected chi connectivity index (χ1v) is 8.87. The number of hydrogen-bond donors (Lipinski definition) is 2. The van der Waals surface area contributed by atoms with E-state index in [4.69, 9.17) is 5.73 Å². The molecule has 0 bridgehead atoms. The third-order valence-corrected chi connectivity index (χ3v) is 4.34. The minimum absolute atomic E-state index is 0.146. The quantitative estimate of drug-likeness (QED) is 0.855. The second-order valence-electron chi connectivity index (χ2n) is 6.36. The van der Waals surface area contributed by atoms with Crippen LogP contribution in [0, 0.1) is 5.92 Å². The zero-order valence-electron chi connectivity index (χ0n) is 15.5. The predicted octanol–water partition coefficient (Wildman–Crippen LogP) is 2.09. The molecule has 0 fully saturated rings. The number of allylic oxidation sites excluding steroid dienone is 6. The van der Waals surface area contributed by atoms with Gasteiger partial charge in [-0.3, -0.25) is 9.78 Å². The Balaban J connectivity index is 2.20. The van der Waals surface area contributed by atoms with E-state index in [1.807, 2.05) is 37.3 Å². The summed E-state index contributed by atoms with van der Waals surface area (Å²) >= 11 is 0. The monoisotopic (exact) mass is 349 g/mol. The van der Waals surface area contributed by atoms with Gasteiger partial charge in [0.15, 0.2) is 0 Å². The lowest BCUT2D eigenvalue weighted by Gasteiger charge is -2.17. The van der Waals surface area contributed by atoms with Gasteiger partial charge in [0.1, 0.15) is 0 Å². The molecule has 26 heavy (non-hydrogen) atoms. The van der Waals surface area contributed by atoms with Crippen LogP contribution in [-0.2, 0) is 4.79 Å². The fraction of sp³-hybridized carbons (Fsp3) is 0.273. The van der Waals surface area contributed by atoms with E-state index in [1.165, 1.54) is 5.57 Å². The second-order valence-corrected chi connectivity index (χ2v) is 6.36. The van der Waals surface area contributed by atoms with Crippen LogP contribution >= 0.6 is 0 Å². The molecule has 0 aromatic carbocycles. The maximum Gasteiger partial charge on any atom is 0.233 e. The van der Waals surface area contributed by atoms with Crippen molar-refractivity contribution in [3.63, 3.8) is 0 Å². The van der Waals surface area contributed by atoms with Crippen molar-refractivity contribution >= 4 is 18.1 Å². The van der Waals surface area contributed by atoms with Crippen molar-refractivity contribution in [3.05, 3.63) is 76.6 Å². The van der Waals surface area contributed by atoms with Gasteiger partial charge < -0.3 is 11.1 Å². The number of rotatable bonds is 5. The molecule has 1 atom stereocenters. The van der Waals surface area contributed by atoms with Crippen LogP contribution < -0.4 is 21.5 Å². The van der Waals surface area contributed by atoms with Crippen molar-refractivity contribution in [1.29, 1.82) is 0 Å². The number of aromatic nitrogens is 1. The second kappa shape index (κ2) is 9.68. The van der Waals surface area contributed by atoms with Crippen molar-refractivity contribution in [3.8, 4) is 0 Å². The van der Waals surface area contributed by atoms with E-state index in [0.29, 0.717) is 5.70 Å². The summed E-state index contributed by atoms with van der Waals surface area (Å²) in [5.41, 5.74) is 8.64. The Morgan fingerprint density at radius 2 is 2.23 bits per heavy atom. The van der Waals surface area contributed by atoms with Crippen molar-refractivity contribution in [2.24, 2.45) is 11.7 Å². The predicted molar refractivity (Wildman–Crippen MR) is 108 cm³/mol. The lowest BCUT2D eigenvalue weighted by Crippen LogP contribution is -2.35. The number of nitrogens with one attached hydrogen (secondary N) is 1. The van der Waals surface area contributed by atoms with E-state index in [1.54, 1.807) is 12.4 Å². The number of hydrogen-bond acceptors (Lipinski definition) is 3. The molecule has 1 aliphatic carbocycles. The summed E-state index contributed by atoms with van der Waals surface area (Å²) in [5, 5.41) is 4.83. The van der Waals surface area contributed by atoms with Gasteiger partial charge in [-0.2, -0.15) is 0 Å². The van der Waals surface area contributed by atoms with E-state index in [0.717, 1.165) is 28.9 Å². The van der Waals surface area contributed by atoms with Gasteiger partial charge in [-0.25, -0.2) is 0 Å². The normalized spacial score (nSPS) is 19.0. The Morgan fingerprint density at radius 3 is 2.96 bits per heavy atom. The van der Waals surface area contributed by atoms with Crippen molar-refractivity contribution in [2.75, 3.05) is 6.54 Å². The highest BCUT2D eigenvalue weighted by Crippen LogP contribution is 2.18. The average molecular weight is 349 g/mol. The van der Waals surface area contributed by atoms with Crippen LogP contribution in [0.5, 0.6) is 0 Å². The Morgan fingerprint density at radius 1 is 1.42 bits per heavy atom. The number of nitrogens with two attached hydrogens (primary N) is 1. The Kier molecular flexibility index (Phi) is 7.30. The highest BCUT2D eigenvalue weighted by Gasteiger charge is 2.20. The molecule has 1 aliphatic rings. The molecule has 4 nitrogen and oxygen atoms in total.